The summed E-state index contributed by atoms with van der Waals surface area (Å²) in [6.07, 6.45) is 0.584. The predicted octanol–water partition coefficient (Wildman–Crippen LogP) is 3.11. The Labute approximate surface area is 197 Å². The summed E-state index contributed by atoms with van der Waals surface area (Å²) in [5.41, 5.74) is 6.09. The van der Waals surface area contributed by atoms with E-state index in [2.05, 4.69) is 5.32 Å². The first kappa shape index (κ1) is 22.9. The van der Waals surface area contributed by atoms with Gasteiger partial charge in [-0.05, 0) is 18.2 Å². The number of nitrogens with two attached hydrogens (primary N) is 1. The molecule has 11 heteroatoms. The Balaban J connectivity index is 1.46. The van der Waals surface area contributed by atoms with Crippen LogP contribution in [0.2, 0.25) is 5.02 Å². The van der Waals surface area contributed by atoms with Crippen LogP contribution in [0.15, 0.2) is 48.7 Å². The largest absolute Gasteiger partial charge is 0.410 e. The monoisotopic (exact) mass is 490 g/mol. The SMILES string of the molecule is NC(=O)Oc1cn(CC(=O)N2CCS[C@H]2C(=O)NCc2cccc(Cl)c2F)c2ccccc12. The van der Waals surface area contributed by atoms with Crippen molar-refractivity contribution in [3.63, 3.8) is 0 Å². The molecule has 1 saturated heterocycles. The van der Waals surface area contributed by atoms with Crippen LogP contribution in [0.25, 0.3) is 10.9 Å². The third kappa shape index (κ3) is 4.91. The number of nitrogens with one attached hydrogen (secondary N) is 1. The standard InChI is InChI=1S/C22H20ClFN4O4S/c23-15-6-3-4-13(19(15)24)10-26-20(30)21-28(8-9-33-21)18(29)12-27-11-17(32-22(25)31)14-5-1-2-7-16(14)27/h1-7,11,21H,8-10,12H2,(H2,25,31)(H,26,30)/t21-/m0/s1. The van der Waals surface area contributed by atoms with Crippen LogP contribution in [-0.4, -0.2) is 45.0 Å². The lowest BCUT2D eigenvalue weighted by Crippen LogP contribution is -2.45. The molecule has 1 aliphatic heterocycles. The predicted molar refractivity (Wildman–Crippen MR) is 123 cm³/mol. The summed E-state index contributed by atoms with van der Waals surface area (Å²) in [6.45, 7) is 0.299. The molecule has 172 valence electrons. The Kier molecular flexibility index (Phi) is 6.75. The molecule has 3 amide bonds. The number of fused-ring (bicyclic) bond motifs is 1. The molecule has 0 radical (unpaired) electrons. The minimum atomic E-state index is -0.951. The third-order valence-corrected chi connectivity index (χ3v) is 6.68. The minimum absolute atomic E-state index is 0.0209. The number of carbonyl (C=O) groups excluding carboxylic acids is 3. The number of para-hydroxylation sites is 1. The molecule has 0 saturated carbocycles. The number of rotatable bonds is 6. The van der Waals surface area contributed by atoms with Crippen molar-refractivity contribution in [1.82, 2.24) is 14.8 Å². The van der Waals surface area contributed by atoms with Gasteiger partial charge in [0.25, 0.3) is 5.91 Å². The number of amides is 3. The van der Waals surface area contributed by atoms with Crippen LogP contribution in [-0.2, 0) is 22.7 Å². The number of ether oxygens (including phenoxy) is 1. The van der Waals surface area contributed by atoms with E-state index in [4.69, 9.17) is 22.1 Å². The summed E-state index contributed by atoms with van der Waals surface area (Å²) in [7, 11) is 0. The summed E-state index contributed by atoms with van der Waals surface area (Å²) in [5, 5.41) is 2.57. The van der Waals surface area contributed by atoms with Crippen molar-refractivity contribution >= 4 is 52.2 Å². The van der Waals surface area contributed by atoms with Crippen molar-refractivity contribution in [1.29, 1.82) is 0 Å². The number of benzene rings is 2. The molecule has 2 aromatic carbocycles. The highest BCUT2D eigenvalue weighted by Gasteiger charge is 2.35. The van der Waals surface area contributed by atoms with Gasteiger partial charge in [0.05, 0.1) is 10.5 Å². The smallest absolute Gasteiger partial charge is 0.408 e. The van der Waals surface area contributed by atoms with E-state index < -0.39 is 17.3 Å². The quantitative estimate of drug-likeness (QED) is 0.552. The van der Waals surface area contributed by atoms with E-state index in [1.54, 1.807) is 34.9 Å². The molecule has 1 fully saturated rings. The molecule has 0 spiro atoms. The van der Waals surface area contributed by atoms with Crippen molar-refractivity contribution in [3.05, 3.63) is 65.1 Å². The molecule has 0 unspecified atom stereocenters. The van der Waals surface area contributed by atoms with Gasteiger partial charge in [-0.2, -0.15) is 0 Å². The molecule has 1 atom stereocenters. The Hall–Kier alpha value is -3.24. The zero-order valence-electron chi connectivity index (χ0n) is 17.3. The van der Waals surface area contributed by atoms with Crippen LogP contribution in [0.3, 0.4) is 0 Å². The van der Waals surface area contributed by atoms with Gasteiger partial charge in [0.1, 0.15) is 12.4 Å². The van der Waals surface area contributed by atoms with Gasteiger partial charge in [0.2, 0.25) is 5.91 Å². The Bertz CT molecular complexity index is 1230. The van der Waals surface area contributed by atoms with E-state index in [9.17, 15) is 18.8 Å². The molecule has 0 bridgehead atoms. The number of aromatic nitrogens is 1. The van der Waals surface area contributed by atoms with Crippen molar-refractivity contribution in [2.24, 2.45) is 5.73 Å². The average molecular weight is 491 g/mol. The first-order valence-corrected chi connectivity index (χ1v) is 11.4. The van der Waals surface area contributed by atoms with Crippen molar-refractivity contribution in [2.75, 3.05) is 12.3 Å². The highest BCUT2D eigenvalue weighted by molar-refractivity contribution is 8.00. The molecular formula is C22H20ClFN4O4S. The summed E-state index contributed by atoms with van der Waals surface area (Å²) in [5.74, 6) is -0.405. The highest BCUT2D eigenvalue weighted by atomic mass is 35.5. The molecule has 1 aromatic heterocycles. The first-order chi connectivity index (χ1) is 15.8. The third-order valence-electron chi connectivity index (χ3n) is 5.19. The second-order valence-electron chi connectivity index (χ2n) is 7.30. The van der Waals surface area contributed by atoms with E-state index in [0.29, 0.717) is 23.2 Å². The molecule has 8 nitrogen and oxygen atoms in total. The summed E-state index contributed by atoms with van der Waals surface area (Å²) < 4.78 is 20.8. The van der Waals surface area contributed by atoms with E-state index in [1.165, 1.54) is 35.0 Å². The second kappa shape index (κ2) is 9.72. The van der Waals surface area contributed by atoms with Crippen LogP contribution in [0.5, 0.6) is 5.75 Å². The van der Waals surface area contributed by atoms with Crippen LogP contribution >= 0.6 is 23.4 Å². The molecule has 0 aliphatic carbocycles. The number of carbonyl (C=O) groups is 3. The Morgan fingerprint density at radius 3 is 2.79 bits per heavy atom. The minimum Gasteiger partial charge on any atom is -0.408 e. The van der Waals surface area contributed by atoms with E-state index in [-0.39, 0.29) is 41.2 Å². The summed E-state index contributed by atoms with van der Waals surface area (Å²) in [4.78, 5) is 38.5. The molecule has 4 rings (SSSR count). The average Bonchev–Trinajstić information content (AvgIpc) is 3.40. The maximum Gasteiger partial charge on any atom is 0.410 e. The zero-order chi connectivity index (χ0) is 23.5. The fourth-order valence-electron chi connectivity index (χ4n) is 3.67. The number of primary amides is 1. The fraction of sp³-hybridized carbons (Fsp3) is 0.227. The van der Waals surface area contributed by atoms with Crippen molar-refractivity contribution in [3.8, 4) is 5.75 Å². The van der Waals surface area contributed by atoms with Crippen molar-refractivity contribution < 1.29 is 23.5 Å². The number of hydrogen-bond donors (Lipinski definition) is 2. The van der Waals surface area contributed by atoms with E-state index in [0.717, 1.165) is 0 Å². The summed E-state index contributed by atoms with van der Waals surface area (Å²) in [6, 6.07) is 11.7. The Morgan fingerprint density at radius 1 is 1.21 bits per heavy atom. The maximum atomic E-state index is 14.1. The lowest BCUT2D eigenvalue weighted by atomic mass is 10.2. The second-order valence-corrected chi connectivity index (χ2v) is 8.90. The number of nitrogens with zero attached hydrogens (tertiary/aromatic N) is 2. The first-order valence-electron chi connectivity index (χ1n) is 10.0. The van der Waals surface area contributed by atoms with Crippen LogP contribution in [0, 0.1) is 5.82 Å². The van der Waals surface area contributed by atoms with Gasteiger partial charge in [-0.15, -0.1) is 11.8 Å². The van der Waals surface area contributed by atoms with E-state index in [1.807, 2.05) is 0 Å². The summed E-state index contributed by atoms with van der Waals surface area (Å²) >= 11 is 7.12. The lowest BCUT2D eigenvalue weighted by Gasteiger charge is -2.23. The van der Waals surface area contributed by atoms with Gasteiger partial charge >= 0.3 is 6.09 Å². The van der Waals surface area contributed by atoms with Crippen LogP contribution in [0.1, 0.15) is 5.56 Å². The highest BCUT2D eigenvalue weighted by Crippen LogP contribution is 2.29. The zero-order valence-corrected chi connectivity index (χ0v) is 18.9. The van der Waals surface area contributed by atoms with Gasteiger partial charge in [0, 0.05) is 36.0 Å². The molecule has 33 heavy (non-hydrogen) atoms. The van der Waals surface area contributed by atoms with Gasteiger partial charge in [-0.1, -0.05) is 35.9 Å². The van der Waals surface area contributed by atoms with Gasteiger partial charge in [-0.3, -0.25) is 9.59 Å². The topological polar surface area (TPSA) is 107 Å². The van der Waals surface area contributed by atoms with Crippen LogP contribution < -0.4 is 15.8 Å². The number of hydrogen-bond acceptors (Lipinski definition) is 5. The molecule has 1 aliphatic rings. The Morgan fingerprint density at radius 2 is 2.00 bits per heavy atom. The van der Waals surface area contributed by atoms with Gasteiger partial charge < -0.3 is 25.3 Å². The molecule has 3 aromatic rings. The molecular weight excluding hydrogens is 471 g/mol. The van der Waals surface area contributed by atoms with Crippen LogP contribution in [0.4, 0.5) is 9.18 Å². The molecule has 3 N–H and O–H groups in total. The van der Waals surface area contributed by atoms with Gasteiger partial charge in [0.15, 0.2) is 11.1 Å². The number of halogens is 2. The lowest BCUT2D eigenvalue weighted by molar-refractivity contribution is -0.137. The normalized spacial score (nSPS) is 15.6. The maximum absolute atomic E-state index is 14.1. The van der Waals surface area contributed by atoms with Gasteiger partial charge in [-0.25, -0.2) is 9.18 Å². The molecule has 2 heterocycles. The van der Waals surface area contributed by atoms with Crippen molar-refractivity contribution in [2.45, 2.75) is 18.5 Å². The van der Waals surface area contributed by atoms with E-state index >= 15 is 0 Å². The number of thioether (sulfide) groups is 1. The fourth-order valence-corrected chi connectivity index (χ4v) is 5.02.